The summed E-state index contributed by atoms with van der Waals surface area (Å²) in [6, 6.07) is 0. The maximum absolute atomic E-state index is 12.4. The highest BCUT2D eigenvalue weighted by Gasteiger charge is 2.64. The molecule has 0 heterocycles. The predicted molar refractivity (Wildman–Crippen MR) is 101 cm³/mol. The van der Waals surface area contributed by atoms with E-state index in [0.717, 1.165) is 31.1 Å². The van der Waals surface area contributed by atoms with Gasteiger partial charge in [-0.3, -0.25) is 9.59 Å². The smallest absolute Gasteiger partial charge is 0.302 e. The van der Waals surface area contributed by atoms with E-state index < -0.39 is 0 Å². The van der Waals surface area contributed by atoms with Gasteiger partial charge in [-0.25, -0.2) is 0 Å². The van der Waals surface area contributed by atoms with Crippen LogP contribution >= 0.6 is 0 Å². The summed E-state index contributed by atoms with van der Waals surface area (Å²) in [5.41, 5.74) is 0.256. The summed E-state index contributed by atoms with van der Waals surface area (Å²) in [6.07, 6.45) is 11.2. The van der Waals surface area contributed by atoms with E-state index in [-0.39, 0.29) is 23.4 Å². The molecule has 3 nitrogen and oxygen atoms in total. The molecule has 0 aromatic carbocycles. The maximum atomic E-state index is 12.4. The van der Waals surface area contributed by atoms with Crippen molar-refractivity contribution in [3.05, 3.63) is 0 Å². The SMILES string of the molecule is CC(=O)OC1CC2C(CCC3CCCCC32C)C2CCC(C(C)=O)C12C. The average molecular weight is 361 g/mol. The lowest BCUT2D eigenvalue weighted by Crippen LogP contribution is -2.59. The van der Waals surface area contributed by atoms with E-state index in [4.69, 9.17) is 4.74 Å². The highest BCUT2D eigenvalue weighted by Crippen LogP contribution is 2.68. The minimum atomic E-state index is -0.177. The second-order valence-electron chi connectivity index (χ2n) is 10.3. The van der Waals surface area contributed by atoms with Crippen LogP contribution in [-0.2, 0) is 14.3 Å². The summed E-state index contributed by atoms with van der Waals surface area (Å²) < 4.78 is 5.97. The van der Waals surface area contributed by atoms with Crippen LogP contribution in [0.2, 0.25) is 0 Å². The first-order valence-corrected chi connectivity index (χ1v) is 11.0. The lowest BCUT2D eigenvalue weighted by molar-refractivity contribution is -0.191. The van der Waals surface area contributed by atoms with Crippen molar-refractivity contribution in [2.75, 3.05) is 0 Å². The molecular formula is C23H36O3. The Balaban J connectivity index is 1.72. The van der Waals surface area contributed by atoms with Crippen LogP contribution in [0.3, 0.4) is 0 Å². The molecule has 0 aliphatic heterocycles. The van der Waals surface area contributed by atoms with E-state index in [1.54, 1.807) is 6.92 Å². The average Bonchev–Trinajstić information content (AvgIpc) is 2.93. The van der Waals surface area contributed by atoms with Gasteiger partial charge in [0.15, 0.2) is 0 Å². The maximum Gasteiger partial charge on any atom is 0.302 e. The van der Waals surface area contributed by atoms with Gasteiger partial charge >= 0.3 is 5.97 Å². The largest absolute Gasteiger partial charge is 0.462 e. The minimum absolute atomic E-state index is 0.0645. The minimum Gasteiger partial charge on any atom is -0.462 e. The van der Waals surface area contributed by atoms with Crippen LogP contribution in [0.4, 0.5) is 0 Å². The number of esters is 1. The molecule has 0 amide bonds. The number of ketones is 1. The van der Waals surface area contributed by atoms with Crippen LogP contribution in [0.25, 0.3) is 0 Å². The second kappa shape index (κ2) is 6.34. The molecule has 4 saturated carbocycles. The molecule has 0 aromatic heterocycles. The van der Waals surface area contributed by atoms with Gasteiger partial charge in [-0.1, -0.05) is 26.7 Å². The summed E-state index contributed by atoms with van der Waals surface area (Å²) in [7, 11) is 0. The van der Waals surface area contributed by atoms with Gasteiger partial charge in [0.1, 0.15) is 11.9 Å². The lowest BCUT2D eigenvalue weighted by Gasteiger charge is -2.62. The van der Waals surface area contributed by atoms with Crippen molar-refractivity contribution in [2.45, 2.75) is 91.6 Å². The van der Waals surface area contributed by atoms with Crippen LogP contribution in [0.5, 0.6) is 0 Å². The Morgan fingerprint density at radius 3 is 2.38 bits per heavy atom. The molecule has 3 heteroatoms. The fourth-order valence-corrected chi connectivity index (χ4v) is 8.27. The van der Waals surface area contributed by atoms with Crippen LogP contribution in [0, 0.1) is 40.4 Å². The van der Waals surface area contributed by atoms with Crippen molar-refractivity contribution < 1.29 is 14.3 Å². The molecule has 8 atom stereocenters. The number of carbonyl (C=O) groups excluding carboxylic acids is 2. The zero-order valence-corrected chi connectivity index (χ0v) is 17.1. The molecule has 0 saturated heterocycles. The summed E-state index contributed by atoms with van der Waals surface area (Å²) in [5.74, 6) is 2.95. The number of hydrogen-bond acceptors (Lipinski definition) is 3. The van der Waals surface area contributed by atoms with Crippen LogP contribution in [0.1, 0.15) is 85.5 Å². The fraction of sp³-hybridized carbons (Fsp3) is 0.913. The van der Waals surface area contributed by atoms with Gasteiger partial charge in [0.2, 0.25) is 0 Å². The third-order valence-corrected chi connectivity index (χ3v) is 9.46. The van der Waals surface area contributed by atoms with Gasteiger partial charge in [0, 0.05) is 18.3 Å². The van der Waals surface area contributed by atoms with Crippen molar-refractivity contribution in [3.63, 3.8) is 0 Å². The molecule has 146 valence electrons. The normalized spacial score (nSPS) is 50.3. The quantitative estimate of drug-likeness (QED) is 0.638. The van der Waals surface area contributed by atoms with Gasteiger partial charge in [0.05, 0.1) is 0 Å². The molecule has 0 aromatic rings. The van der Waals surface area contributed by atoms with E-state index in [1.807, 2.05) is 0 Å². The molecule has 0 bridgehead atoms. The zero-order valence-electron chi connectivity index (χ0n) is 17.1. The van der Waals surface area contributed by atoms with Crippen LogP contribution in [-0.4, -0.2) is 17.9 Å². The molecular weight excluding hydrogens is 324 g/mol. The molecule has 0 radical (unpaired) electrons. The van der Waals surface area contributed by atoms with E-state index in [0.29, 0.717) is 23.0 Å². The Bertz CT molecular complexity index is 598. The van der Waals surface area contributed by atoms with Crippen LogP contribution in [0.15, 0.2) is 0 Å². The number of ether oxygens (including phenoxy) is 1. The second-order valence-corrected chi connectivity index (χ2v) is 10.3. The monoisotopic (exact) mass is 360 g/mol. The Morgan fingerprint density at radius 1 is 0.923 bits per heavy atom. The number of fused-ring (bicyclic) bond motifs is 5. The van der Waals surface area contributed by atoms with Gasteiger partial charge in [0.25, 0.3) is 0 Å². The topological polar surface area (TPSA) is 43.4 Å². The Hall–Kier alpha value is -0.860. The van der Waals surface area contributed by atoms with Gasteiger partial charge in [-0.15, -0.1) is 0 Å². The van der Waals surface area contributed by atoms with E-state index >= 15 is 0 Å². The molecule has 0 N–H and O–H groups in total. The van der Waals surface area contributed by atoms with Crippen molar-refractivity contribution in [3.8, 4) is 0 Å². The number of hydrogen-bond donors (Lipinski definition) is 0. The number of rotatable bonds is 2. The Kier molecular flexibility index (Phi) is 4.51. The Labute approximate surface area is 158 Å². The van der Waals surface area contributed by atoms with Crippen LogP contribution < -0.4 is 0 Å². The Morgan fingerprint density at radius 2 is 1.69 bits per heavy atom. The summed E-state index contributed by atoms with van der Waals surface area (Å²) in [5, 5.41) is 0. The fourth-order valence-electron chi connectivity index (χ4n) is 8.27. The number of carbonyl (C=O) groups is 2. The molecule has 26 heavy (non-hydrogen) atoms. The van der Waals surface area contributed by atoms with Gasteiger partial charge < -0.3 is 4.74 Å². The first-order valence-electron chi connectivity index (χ1n) is 11.0. The summed E-state index contributed by atoms with van der Waals surface area (Å²) in [6.45, 7) is 8.09. The standard InChI is InChI=1S/C23H36O3/c1-14(24)18-10-11-19-17-9-8-16-7-5-6-12-22(16,3)20(17)13-21(23(18,19)4)26-15(2)25/h16-21H,5-13H2,1-4H3. The molecule has 8 unspecified atom stereocenters. The molecule has 4 rings (SSSR count). The van der Waals surface area contributed by atoms with E-state index in [2.05, 4.69) is 13.8 Å². The van der Waals surface area contributed by atoms with Crippen molar-refractivity contribution >= 4 is 11.8 Å². The molecule has 4 aliphatic carbocycles. The lowest BCUT2D eigenvalue weighted by atomic mass is 9.44. The molecule has 4 aliphatic rings. The van der Waals surface area contributed by atoms with Crippen molar-refractivity contribution in [2.24, 2.45) is 40.4 Å². The molecule has 4 fully saturated rings. The first kappa shape index (κ1) is 18.5. The third kappa shape index (κ3) is 2.52. The van der Waals surface area contributed by atoms with Crippen molar-refractivity contribution in [1.82, 2.24) is 0 Å². The van der Waals surface area contributed by atoms with Crippen molar-refractivity contribution in [1.29, 1.82) is 0 Å². The highest BCUT2D eigenvalue weighted by molar-refractivity contribution is 5.80. The first-order chi connectivity index (χ1) is 12.3. The zero-order chi connectivity index (χ0) is 18.7. The van der Waals surface area contributed by atoms with Gasteiger partial charge in [-0.05, 0) is 81.0 Å². The van der Waals surface area contributed by atoms with E-state index in [1.165, 1.54) is 45.4 Å². The van der Waals surface area contributed by atoms with E-state index in [9.17, 15) is 9.59 Å². The van der Waals surface area contributed by atoms with Gasteiger partial charge in [-0.2, -0.15) is 0 Å². The number of Topliss-reactive ketones (excluding diaryl/α,β-unsaturated/α-hetero) is 1. The highest BCUT2D eigenvalue weighted by atomic mass is 16.5. The molecule has 0 spiro atoms. The summed E-state index contributed by atoms with van der Waals surface area (Å²) in [4.78, 5) is 24.4. The predicted octanol–water partition coefficient (Wildman–Crippen LogP) is 5.17. The summed E-state index contributed by atoms with van der Waals surface area (Å²) >= 11 is 0. The third-order valence-electron chi connectivity index (χ3n) is 9.46.